The summed E-state index contributed by atoms with van der Waals surface area (Å²) in [5.74, 6) is 3.85. The Hall–Kier alpha value is -2.08. The minimum atomic E-state index is -0.130. The standard InChI is InChI=1S/C16H19NO4S/c1-19-13-4-6-14(7-5-13)21-11-16(18)17-8-10-22-12-15-3-2-9-20-15/h2-7,9H,8,10-12H2,1H3,(H,17,18). The number of ether oxygens (including phenoxy) is 2. The molecule has 2 aromatic rings. The third kappa shape index (κ3) is 5.73. The van der Waals surface area contributed by atoms with Crippen LogP contribution in [0.2, 0.25) is 0 Å². The number of carbonyl (C=O) groups is 1. The maximum Gasteiger partial charge on any atom is 0.257 e. The third-order valence-electron chi connectivity index (χ3n) is 2.82. The van der Waals surface area contributed by atoms with Crippen molar-refractivity contribution in [3.63, 3.8) is 0 Å². The van der Waals surface area contributed by atoms with Crippen molar-refractivity contribution in [1.29, 1.82) is 0 Å². The molecule has 0 fully saturated rings. The number of rotatable bonds is 9. The Morgan fingerprint density at radius 2 is 2.00 bits per heavy atom. The van der Waals surface area contributed by atoms with Crippen LogP contribution in [0.5, 0.6) is 11.5 Å². The molecule has 0 saturated heterocycles. The van der Waals surface area contributed by atoms with Crippen LogP contribution in [-0.4, -0.2) is 31.9 Å². The van der Waals surface area contributed by atoms with Gasteiger partial charge in [-0.1, -0.05) is 0 Å². The maximum absolute atomic E-state index is 11.6. The molecule has 0 bridgehead atoms. The zero-order chi connectivity index (χ0) is 15.6. The van der Waals surface area contributed by atoms with Crippen molar-refractivity contribution in [2.24, 2.45) is 0 Å². The van der Waals surface area contributed by atoms with Crippen LogP contribution in [0.25, 0.3) is 0 Å². The van der Waals surface area contributed by atoms with E-state index in [-0.39, 0.29) is 12.5 Å². The predicted octanol–water partition coefficient (Wildman–Crippen LogP) is 2.72. The number of benzene rings is 1. The van der Waals surface area contributed by atoms with Gasteiger partial charge in [0.15, 0.2) is 6.61 Å². The number of hydrogen-bond donors (Lipinski definition) is 1. The van der Waals surface area contributed by atoms with E-state index in [1.54, 1.807) is 49.4 Å². The van der Waals surface area contributed by atoms with Crippen molar-refractivity contribution in [2.75, 3.05) is 26.0 Å². The molecule has 2 rings (SSSR count). The molecule has 0 spiro atoms. The van der Waals surface area contributed by atoms with E-state index < -0.39 is 0 Å². The Kier molecular flexibility index (Phi) is 6.70. The lowest BCUT2D eigenvalue weighted by Gasteiger charge is -2.08. The molecule has 0 atom stereocenters. The molecule has 0 unspecified atom stereocenters. The molecular weight excluding hydrogens is 302 g/mol. The smallest absolute Gasteiger partial charge is 0.257 e. The highest BCUT2D eigenvalue weighted by atomic mass is 32.2. The molecule has 0 aliphatic carbocycles. The lowest BCUT2D eigenvalue weighted by atomic mass is 10.3. The van der Waals surface area contributed by atoms with Gasteiger partial charge in [0.1, 0.15) is 17.3 Å². The van der Waals surface area contributed by atoms with Gasteiger partial charge in [0.05, 0.1) is 19.1 Å². The van der Waals surface area contributed by atoms with Crippen LogP contribution in [0.3, 0.4) is 0 Å². The average Bonchev–Trinajstić information content (AvgIpc) is 3.06. The van der Waals surface area contributed by atoms with E-state index in [2.05, 4.69) is 5.32 Å². The van der Waals surface area contributed by atoms with Crippen molar-refractivity contribution in [2.45, 2.75) is 5.75 Å². The SMILES string of the molecule is COc1ccc(OCC(=O)NCCSCc2ccco2)cc1. The molecule has 1 aromatic carbocycles. The van der Waals surface area contributed by atoms with Gasteiger partial charge in [-0.2, -0.15) is 11.8 Å². The van der Waals surface area contributed by atoms with Crippen LogP contribution in [0.4, 0.5) is 0 Å². The van der Waals surface area contributed by atoms with Crippen LogP contribution in [0.15, 0.2) is 47.1 Å². The number of hydrogen-bond acceptors (Lipinski definition) is 5. The number of amides is 1. The van der Waals surface area contributed by atoms with E-state index in [1.165, 1.54) is 0 Å². The zero-order valence-corrected chi connectivity index (χ0v) is 13.2. The van der Waals surface area contributed by atoms with Crippen LogP contribution >= 0.6 is 11.8 Å². The topological polar surface area (TPSA) is 60.7 Å². The van der Waals surface area contributed by atoms with Gasteiger partial charge in [0.2, 0.25) is 0 Å². The van der Waals surface area contributed by atoms with Crippen molar-refractivity contribution < 1.29 is 18.7 Å². The first kappa shape index (κ1) is 16.3. The van der Waals surface area contributed by atoms with Gasteiger partial charge in [-0.3, -0.25) is 4.79 Å². The maximum atomic E-state index is 11.6. The second kappa shape index (κ2) is 9.04. The number of thioether (sulfide) groups is 1. The zero-order valence-electron chi connectivity index (χ0n) is 12.4. The van der Waals surface area contributed by atoms with E-state index in [0.717, 1.165) is 23.0 Å². The van der Waals surface area contributed by atoms with E-state index >= 15 is 0 Å². The Bertz CT molecular complexity index is 554. The summed E-state index contributed by atoms with van der Waals surface area (Å²) in [6.45, 7) is 0.616. The number of methoxy groups -OCH3 is 1. The van der Waals surface area contributed by atoms with Gasteiger partial charge >= 0.3 is 0 Å². The van der Waals surface area contributed by atoms with E-state index in [1.807, 2.05) is 12.1 Å². The summed E-state index contributed by atoms with van der Waals surface area (Å²) < 4.78 is 15.7. The van der Waals surface area contributed by atoms with Gasteiger partial charge in [-0.25, -0.2) is 0 Å². The molecule has 5 nitrogen and oxygen atoms in total. The number of carbonyl (C=O) groups excluding carboxylic acids is 1. The summed E-state index contributed by atoms with van der Waals surface area (Å²) >= 11 is 1.71. The third-order valence-corrected chi connectivity index (χ3v) is 3.80. The molecule has 0 aliphatic heterocycles. The van der Waals surface area contributed by atoms with Gasteiger partial charge in [-0.15, -0.1) is 0 Å². The van der Waals surface area contributed by atoms with Crippen molar-refractivity contribution >= 4 is 17.7 Å². The molecule has 1 amide bonds. The first-order chi connectivity index (χ1) is 10.8. The molecule has 22 heavy (non-hydrogen) atoms. The van der Waals surface area contributed by atoms with Crippen molar-refractivity contribution in [3.05, 3.63) is 48.4 Å². The summed E-state index contributed by atoms with van der Waals surface area (Å²) in [4.78, 5) is 11.6. The normalized spacial score (nSPS) is 10.2. The minimum absolute atomic E-state index is 0.00911. The molecule has 1 aromatic heterocycles. The Balaban J connectivity index is 1.55. The first-order valence-electron chi connectivity index (χ1n) is 6.91. The highest BCUT2D eigenvalue weighted by Gasteiger charge is 2.03. The number of nitrogens with one attached hydrogen (secondary N) is 1. The van der Waals surface area contributed by atoms with Crippen molar-refractivity contribution in [3.8, 4) is 11.5 Å². The lowest BCUT2D eigenvalue weighted by molar-refractivity contribution is -0.122. The van der Waals surface area contributed by atoms with E-state index in [0.29, 0.717) is 12.3 Å². The summed E-state index contributed by atoms with van der Waals surface area (Å²) in [5, 5.41) is 2.82. The highest BCUT2D eigenvalue weighted by molar-refractivity contribution is 7.98. The van der Waals surface area contributed by atoms with Gasteiger partial charge in [0.25, 0.3) is 5.91 Å². The fourth-order valence-corrected chi connectivity index (χ4v) is 2.46. The highest BCUT2D eigenvalue weighted by Crippen LogP contribution is 2.16. The second-order valence-electron chi connectivity index (χ2n) is 4.45. The molecule has 0 aliphatic rings. The lowest BCUT2D eigenvalue weighted by Crippen LogP contribution is -2.30. The molecule has 1 N–H and O–H groups in total. The average molecular weight is 321 g/mol. The molecule has 118 valence electrons. The van der Waals surface area contributed by atoms with E-state index in [9.17, 15) is 4.79 Å². The number of furan rings is 1. The first-order valence-corrected chi connectivity index (χ1v) is 8.07. The molecule has 0 saturated carbocycles. The minimum Gasteiger partial charge on any atom is -0.497 e. The molecule has 0 radical (unpaired) electrons. The van der Waals surface area contributed by atoms with Gasteiger partial charge in [0, 0.05) is 12.3 Å². The van der Waals surface area contributed by atoms with Gasteiger partial charge in [-0.05, 0) is 36.4 Å². The molecule has 1 heterocycles. The van der Waals surface area contributed by atoms with Gasteiger partial charge < -0.3 is 19.2 Å². The van der Waals surface area contributed by atoms with Crippen LogP contribution in [-0.2, 0) is 10.5 Å². The molecule has 6 heteroatoms. The quantitative estimate of drug-likeness (QED) is 0.720. The van der Waals surface area contributed by atoms with Crippen LogP contribution < -0.4 is 14.8 Å². The summed E-state index contributed by atoms with van der Waals surface area (Å²) in [6.07, 6.45) is 1.66. The summed E-state index contributed by atoms with van der Waals surface area (Å²) in [5.41, 5.74) is 0. The largest absolute Gasteiger partial charge is 0.497 e. The van der Waals surface area contributed by atoms with E-state index in [4.69, 9.17) is 13.9 Å². The second-order valence-corrected chi connectivity index (χ2v) is 5.55. The Morgan fingerprint density at radius 1 is 1.23 bits per heavy atom. The Labute approximate surface area is 134 Å². The van der Waals surface area contributed by atoms with Crippen LogP contribution in [0.1, 0.15) is 5.76 Å². The predicted molar refractivity (Wildman–Crippen MR) is 86.4 cm³/mol. The fraction of sp³-hybridized carbons (Fsp3) is 0.312. The fourth-order valence-electron chi connectivity index (χ4n) is 1.70. The Morgan fingerprint density at radius 3 is 2.68 bits per heavy atom. The van der Waals surface area contributed by atoms with Crippen LogP contribution in [0, 0.1) is 0 Å². The summed E-state index contributed by atoms with van der Waals surface area (Å²) in [6, 6.07) is 10.9. The molecular formula is C16H19NO4S. The summed E-state index contributed by atoms with van der Waals surface area (Å²) in [7, 11) is 1.60. The van der Waals surface area contributed by atoms with Crippen molar-refractivity contribution in [1.82, 2.24) is 5.32 Å². The monoisotopic (exact) mass is 321 g/mol.